The Morgan fingerprint density at radius 2 is 2.18 bits per heavy atom. The number of halogens is 3. The molecule has 0 aromatic carbocycles. The second-order valence-electron chi connectivity index (χ2n) is 4.08. The Labute approximate surface area is 103 Å². The molecule has 1 saturated heterocycles. The van der Waals surface area contributed by atoms with Crippen LogP contribution < -0.4 is 5.32 Å². The van der Waals surface area contributed by atoms with Crippen LogP contribution in [0, 0.1) is 5.92 Å². The molecule has 1 N–H and O–H groups in total. The average Bonchev–Trinajstić information content (AvgIpc) is 2.21. The SMILES string of the molecule is CC1CSC(=NCCOCC(F)(F)F)NC1C. The lowest BCUT2D eigenvalue weighted by atomic mass is 10.1. The molecule has 1 rings (SSSR count). The van der Waals surface area contributed by atoms with Gasteiger partial charge in [-0.1, -0.05) is 18.7 Å². The van der Waals surface area contributed by atoms with Gasteiger partial charge in [-0.15, -0.1) is 0 Å². The maximum atomic E-state index is 11.8. The minimum atomic E-state index is -4.26. The molecule has 0 spiro atoms. The van der Waals surface area contributed by atoms with Crippen molar-refractivity contribution < 1.29 is 17.9 Å². The van der Waals surface area contributed by atoms with Gasteiger partial charge in [-0.3, -0.25) is 4.99 Å². The van der Waals surface area contributed by atoms with E-state index in [1.54, 1.807) is 11.8 Å². The van der Waals surface area contributed by atoms with E-state index in [0.29, 0.717) is 12.0 Å². The second kappa shape index (κ2) is 6.49. The van der Waals surface area contributed by atoms with Gasteiger partial charge in [-0.05, 0) is 12.8 Å². The molecule has 0 radical (unpaired) electrons. The zero-order valence-electron chi connectivity index (χ0n) is 9.88. The summed E-state index contributed by atoms with van der Waals surface area (Å²) in [5.41, 5.74) is 0. The molecule has 7 heteroatoms. The van der Waals surface area contributed by atoms with Crippen molar-refractivity contribution in [2.45, 2.75) is 26.1 Å². The smallest absolute Gasteiger partial charge is 0.370 e. The molecule has 0 bridgehead atoms. The monoisotopic (exact) mass is 270 g/mol. The van der Waals surface area contributed by atoms with Crippen LogP contribution in [0.4, 0.5) is 13.2 Å². The van der Waals surface area contributed by atoms with Gasteiger partial charge < -0.3 is 10.1 Å². The van der Waals surface area contributed by atoms with Crippen LogP contribution in [-0.2, 0) is 4.74 Å². The third-order valence-electron chi connectivity index (χ3n) is 2.44. The number of rotatable bonds is 4. The van der Waals surface area contributed by atoms with E-state index in [9.17, 15) is 13.2 Å². The molecule has 1 heterocycles. The van der Waals surface area contributed by atoms with Crippen molar-refractivity contribution in [3.8, 4) is 0 Å². The summed E-state index contributed by atoms with van der Waals surface area (Å²) in [5.74, 6) is 1.55. The minimum absolute atomic E-state index is 0.00478. The Hall–Kier alpha value is -0.430. The van der Waals surface area contributed by atoms with Gasteiger partial charge in [0.15, 0.2) is 5.17 Å². The molecule has 1 aliphatic rings. The molecule has 0 amide bonds. The van der Waals surface area contributed by atoms with Crippen molar-refractivity contribution in [3.05, 3.63) is 0 Å². The molecule has 1 fully saturated rings. The zero-order valence-corrected chi connectivity index (χ0v) is 10.7. The molecule has 2 atom stereocenters. The number of nitrogens with zero attached hydrogens (tertiary/aromatic N) is 1. The number of hydrogen-bond donors (Lipinski definition) is 1. The highest BCUT2D eigenvalue weighted by Crippen LogP contribution is 2.19. The first-order valence-electron chi connectivity index (χ1n) is 5.47. The van der Waals surface area contributed by atoms with E-state index >= 15 is 0 Å². The summed E-state index contributed by atoms with van der Waals surface area (Å²) < 4.78 is 39.7. The third-order valence-corrected chi connectivity index (χ3v) is 3.66. The van der Waals surface area contributed by atoms with E-state index in [-0.39, 0.29) is 13.2 Å². The summed E-state index contributed by atoms with van der Waals surface area (Å²) in [4.78, 5) is 4.16. The van der Waals surface area contributed by atoms with Crippen molar-refractivity contribution in [2.24, 2.45) is 10.9 Å². The van der Waals surface area contributed by atoms with E-state index < -0.39 is 12.8 Å². The van der Waals surface area contributed by atoms with Crippen molar-refractivity contribution in [3.63, 3.8) is 0 Å². The predicted molar refractivity (Wildman–Crippen MR) is 63.4 cm³/mol. The fourth-order valence-corrected chi connectivity index (χ4v) is 2.39. The van der Waals surface area contributed by atoms with E-state index in [1.165, 1.54) is 0 Å². The summed E-state index contributed by atoms with van der Waals surface area (Å²) in [6.07, 6.45) is -4.26. The van der Waals surface area contributed by atoms with Crippen LogP contribution >= 0.6 is 11.8 Å². The fraction of sp³-hybridized carbons (Fsp3) is 0.900. The van der Waals surface area contributed by atoms with Crippen molar-refractivity contribution >= 4 is 16.9 Å². The standard InChI is InChI=1S/C10H17F3N2OS/c1-7-5-17-9(15-8(7)2)14-3-4-16-6-10(11,12)13/h7-8H,3-6H2,1-2H3,(H,14,15). The van der Waals surface area contributed by atoms with Gasteiger partial charge in [-0.2, -0.15) is 13.2 Å². The average molecular weight is 270 g/mol. The Balaban J connectivity index is 2.17. The summed E-state index contributed by atoms with van der Waals surface area (Å²) in [7, 11) is 0. The molecule has 0 aromatic rings. The van der Waals surface area contributed by atoms with E-state index in [4.69, 9.17) is 0 Å². The molecule has 0 saturated carbocycles. The van der Waals surface area contributed by atoms with Gasteiger partial charge in [0.05, 0.1) is 13.2 Å². The molecule has 17 heavy (non-hydrogen) atoms. The first-order chi connectivity index (χ1) is 7.88. The van der Waals surface area contributed by atoms with Crippen molar-refractivity contribution in [1.29, 1.82) is 0 Å². The first-order valence-corrected chi connectivity index (χ1v) is 6.45. The minimum Gasteiger partial charge on any atom is -0.370 e. The highest BCUT2D eigenvalue weighted by Gasteiger charge is 2.27. The number of hydrogen-bond acceptors (Lipinski definition) is 3. The number of nitrogens with one attached hydrogen (secondary N) is 1. The topological polar surface area (TPSA) is 33.6 Å². The number of thioether (sulfide) groups is 1. The Kier molecular flexibility index (Phi) is 5.58. The van der Waals surface area contributed by atoms with Crippen LogP contribution in [0.2, 0.25) is 0 Å². The maximum Gasteiger partial charge on any atom is 0.411 e. The first kappa shape index (κ1) is 14.6. The molecule has 1 aliphatic heterocycles. The molecular formula is C10H17F3N2OS. The van der Waals surface area contributed by atoms with Crippen LogP contribution in [-0.4, -0.2) is 42.9 Å². The van der Waals surface area contributed by atoms with Crippen LogP contribution in [0.3, 0.4) is 0 Å². The summed E-state index contributed by atoms with van der Waals surface area (Å²) in [5, 5.41) is 4.01. The Bertz CT molecular complexity index is 271. The quantitative estimate of drug-likeness (QED) is 0.796. The normalized spacial score (nSPS) is 28.2. The van der Waals surface area contributed by atoms with Crippen molar-refractivity contribution in [2.75, 3.05) is 25.5 Å². The van der Waals surface area contributed by atoms with E-state index in [0.717, 1.165) is 10.9 Å². The molecule has 100 valence electrons. The largest absolute Gasteiger partial charge is 0.411 e. The van der Waals surface area contributed by atoms with Crippen LogP contribution in [0.5, 0.6) is 0 Å². The Morgan fingerprint density at radius 3 is 2.76 bits per heavy atom. The summed E-state index contributed by atoms with van der Waals surface area (Å²) >= 11 is 1.60. The molecular weight excluding hydrogens is 253 g/mol. The van der Waals surface area contributed by atoms with Crippen LogP contribution in [0.15, 0.2) is 4.99 Å². The lowest BCUT2D eigenvalue weighted by molar-refractivity contribution is -0.173. The lowest BCUT2D eigenvalue weighted by Gasteiger charge is -2.28. The number of alkyl halides is 3. The number of amidine groups is 1. The van der Waals surface area contributed by atoms with Crippen LogP contribution in [0.1, 0.15) is 13.8 Å². The lowest BCUT2D eigenvalue weighted by Crippen LogP contribution is -2.41. The fourth-order valence-electron chi connectivity index (χ4n) is 1.22. The second-order valence-corrected chi connectivity index (χ2v) is 5.08. The Morgan fingerprint density at radius 1 is 1.47 bits per heavy atom. The van der Waals surface area contributed by atoms with Crippen LogP contribution in [0.25, 0.3) is 0 Å². The molecule has 3 nitrogen and oxygen atoms in total. The maximum absolute atomic E-state index is 11.8. The highest BCUT2D eigenvalue weighted by atomic mass is 32.2. The van der Waals surface area contributed by atoms with Gasteiger partial charge in [0.1, 0.15) is 6.61 Å². The van der Waals surface area contributed by atoms with Gasteiger partial charge in [-0.25, -0.2) is 0 Å². The predicted octanol–water partition coefficient (Wildman–Crippen LogP) is 2.28. The van der Waals surface area contributed by atoms with Gasteiger partial charge in [0.25, 0.3) is 0 Å². The summed E-state index contributed by atoms with van der Waals surface area (Å²) in [6.45, 7) is 3.27. The molecule has 0 aliphatic carbocycles. The number of aliphatic imine (C=N–C) groups is 1. The molecule has 0 aromatic heterocycles. The van der Waals surface area contributed by atoms with E-state index in [1.807, 2.05) is 0 Å². The third kappa shape index (κ3) is 6.16. The van der Waals surface area contributed by atoms with Gasteiger partial charge in [0, 0.05) is 11.8 Å². The highest BCUT2D eigenvalue weighted by molar-refractivity contribution is 8.13. The van der Waals surface area contributed by atoms with Crippen molar-refractivity contribution in [1.82, 2.24) is 5.32 Å². The van der Waals surface area contributed by atoms with Gasteiger partial charge in [0.2, 0.25) is 0 Å². The summed E-state index contributed by atoms with van der Waals surface area (Å²) in [6, 6.07) is 0.353. The zero-order chi connectivity index (χ0) is 12.9. The number of ether oxygens (including phenoxy) is 1. The van der Waals surface area contributed by atoms with Gasteiger partial charge >= 0.3 is 6.18 Å². The van der Waals surface area contributed by atoms with E-state index in [2.05, 4.69) is 28.9 Å². The molecule has 2 unspecified atom stereocenters.